The Hall–Kier alpha value is -3.03. The summed E-state index contributed by atoms with van der Waals surface area (Å²) in [6.45, 7) is 4.24. The van der Waals surface area contributed by atoms with Gasteiger partial charge in [-0.2, -0.15) is 19.0 Å². The predicted molar refractivity (Wildman–Crippen MR) is 100 cm³/mol. The van der Waals surface area contributed by atoms with Crippen LogP contribution in [0.15, 0.2) is 36.5 Å². The Morgan fingerprint density at radius 2 is 1.79 bits per heavy atom. The van der Waals surface area contributed by atoms with Gasteiger partial charge in [-0.3, -0.25) is 9.48 Å². The summed E-state index contributed by atoms with van der Waals surface area (Å²) >= 11 is 0. The number of carbonyl (C=O) groups is 1. The lowest BCUT2D eigenvalue weighted by atomic mass is 10.0. The number of benzene rings is 1. The van der Waals surface area contributed by atoms with Crippen LogP contribution in [0.25, 0.3) is 11.1 Å². The molecule has 0 N–H and O–H groups in total. The fourth-order valence-corrected chi connectivity index (χ4v) is 3.63. The number of likely N-dealkylation sites (tertiary alicyclic amines) is 1. The molecule has 0 bridgehead atoms. The maximum absolute atomic E-state index is 12.8. The zero-order valence-electron chi connectivity index (χ0n) is 15.9. The molecule has 146 valence electrons. The van der Waals surface area contributed by atoms with Crippen LogP contribution in [0.3, 0.4) is 0 Å². The number of halogens is 2. The highest BCUT2D eigenvalue weighted by Gasteiger charge is 2.33. The molecule has 4 rings (SSSR count). The molecule has 1 aliphatic heterocycles. The second kappa shape index (κ2) is 6.85. The first-order valence-corrected chi connectivity index (χ1v) is 9.10. The Bertz CT molecular complexity index is 1020. The van der Waals surface area contributed by atoms with Crippen molar-refractivity contribution >= 4 is 5.91 Å². The average Bonchev–Trinajstić information content (AvgIpc) is 3.16. The van der Waals surface area contributed by atoms with Crippen molar-refractivity contribution in [1.82, 2.24) is 24.5 Å². The minimum atomic E-state index is -2.67. The van der Waals surface area contributed by atoms with Gasteiger partial charge in [-0.25, -0.2) is 4.68 Å². The van der Waals surface area contributed by atoms with E-state index in [1.807, 2.05) is 24.6 Å². The minimum absolute atomic E-state index is 0.0377. The van der Waals surface area contributed by atoms with Gasteiger partial charge in [-0.05, 0) is 44.5 Å². The molecule has 1 fully saturated rings. The van der Waals surface area contributed by atoms with Crippen LogP contribution in [-0.4, -0.2) is 43.5 Å². The molecule has 0 radical (unpaired) electrons. The lowest BCUT2D eigenvalue weighted by Gasteiger charge is -2.39. The van der Waals surface area contributed by atoms with Crippen molar-refractivity contribution in [2.75, 3.05) is 13.1 Å². The van der Waals surface area contributed by atoms with Crippen LogP contribution in [0.5, 0.6) is 0 Å². The third-order valence-electron chi connectivity index (χ3n) is 5.10. The second-order valence-electron chi connectivity index (χ2n) is 7.20. The van der Waals surface area contributed by atoms with E-state index in [0.29, 0.717) is 34.6 Å². The third-order valence-corrected chi connectivity index (χ3v) is 5.10. The monoisotopic (exact) mass is 385 g/mol. The summed E-state index contributed by atoms with van der Waals surface area (Å²) in [6.07, 6.45) is 1.32. The zero-order chi connectivity index (χ0) is 20.0. The van der Waals surface area contributed by atoms with Crippen molar-refractivity contribution in [3.8, 4) is 11.1 Å². The van der Waals surface area contributed by atoms with E-state index in [1.54, 1.807) is 36.1 Å². The number of alkyl halides is 2. The van der Waals surface area contributed by atoms with Gasteiger partial charge in [0.05, 0.1) is 17.4 Å². The van der Waals surface area contributed by atoms with E-state index < -0.39 is 6.55 Å². The molecule has 2 aromatic heterocycles. The van der Waals surface area contributed by atoms with Gasteiger partial charge >= 0.3 is 6.55 Å². The Morgan fingerprint density at radius 3 is 2.32 bits per heavy atom. The number of carbonyl (C=O) groups excluding carboxylic acids is 1. The van der Waals surface area contributed by atoms with Gasteiger partial charge in [0.25, 0.3) is 5.91 Å². The number of aryl methyl sites for hydroxylation is 3. The van der Waals surface area contributed by atoms with Crippen molar-refractivity contribution in [1.29, 1.82) is 0 Å². The Labute approximate surface area is 161 Å². The minimum Gasteiger partial charge on any atom is -0.334 e. The topological polar surface area (TPSA) is 56.0 Å². The normalized spacial score (nSPS) is 14.6. The number of nitrogens with zero attached hydrogens (tertiary/aromatic N) is 5. The predicted octanol–water partition coefficient (Wildman–Crippen LogP) is 3.76. The molecule has 0 atom stereocenters. The molecule has 0 saturated carbocycles. The van der Waals surface area contributed by atoms with E-state index in [-0.39, 0.29) is 11.9 Å². The zero-order valence-corrected chi connectivity index (χ0v) is 15.9. The largest absolute Gasteiger partial charge is 0.334 e. The molecule has 3 aromatic rings. The summed E-state index contributed by atoms with van der Waals surface area (Å²) in [6, 6.07) is 9.23. The molecule has 0 aliphatic carbocycles. The van der Waals surface area contributed by atoms with Gasteiger partial charge in [0.2, 0.25) is 0 Å². The number of rotatable bonds is 4. The van der Waals surface area contributed by atoms with Crippen LogP contribution >= 0.6 is 0 Å². The van der Waals surface area contributed by atoms with Crippen molar-refractivity contribution in [2.24, 2.45) is 0 Å². The van der Waals surface area contributed by atoms with Crippen LogP contribution in [0.2, 0.25) is 0 Å². The maximum Gasteiger partial charge on any atom is 0.333 e. The van der Waals surface area contributed by atoms with Crippen LogP contribution < -0.4 is 0 Å². The highest BCUT2D eigenvalue weighted by Crippen LogP contribution is 2.27. The van der Waals surface area contributed by atoms with E-state index in [0.717, 1.165) is 17.0 Å². The van der Waals surface area contributed by atoms with E-state index in [4.69, 9.17) is 0 Å². The second-order valence-corrected chi connectivity index (χ2v) is 7.20. The molecule has 1 amide bonds. The molecule has 1 aliphatic rings. The van der Waals surface area contributed by atoms with Crippen molar-refractivity contribution < 1.29 is 13.6 Å². The smallest absolute Gasteiger partial charge is 0.333 e. The number of hydrogen-bond donors (Lipinski definition) is 0. The van der Waals surface area contributed by atoms with Crippen molar-refractivity contribution in [3.63, 3.8) is 0 Å². The summed E-state index contributed by atoms with van der Waals surface area (Å²) in [5, 5.41) is 8.31. The summed E-state index contributed by atoms with van der Waals surface area (Å²) in [5.74, 6) is -0.0377. The molecule has 1 aromatic carbocycles. The van der Waals surface area contributed by atoms with Crippen LogP contribution in [0.4, 0.5) is 8.78 Å². The Morgan fingerprint density at radius 1 is 1.11 bits per heavy atom. The van der Waals surface area contributed by atoms with Gasteiger partial charge in [0.15, 0.2) is 0 Å². The van der Waals surface area contributed by atoms with Crippen molar-refractivity contribution in [2.45, 2.75) is 33.4 Å². The Balaban J connectivity index is 1.45. The van der Waals surface area contributed by atoms with E-state index in [9.17, 15) is 13.6 Å². The molecule has 1 saturated heterocycles. The molecule has 28 heavy (non-hydrogen) atoms. The number of aromatic nitrogens is 4. The van der Waals surface area contributed by atoms with Gasteiger partial charge in [0, 0.05) is 36.1 Å². The first-order valence-electron chi connectivity index (χ1n) is 9.10. The van der Waals surface area contributed by atoms with E-state index >= 15 is 0 Å². The first-order chi connectivity index (χ1) is 13.3. The average molecular weight is 385 g/mol. The fraction of sp³-hybridized carbons (Fsp3) is 0.350. The number of hydrogen-bond acceptors (Lipinski definition) is 3. The summed E-state index contributed by atoms with van der Waals surface area (Å²) in [4.78, 5) is 14.5. The highest BCUT2D eigenvalue weighted by atomic mass is 19.3. The summed E-state index contributed by atoms with van der Waals surface area (Å²) < 4.78 is 28.2. The molecule has 3 heterocycles. The van der Waals surface area contributed by atoms with Gasteiger partial charge in [-0.1, -0.05) is 12.1 Å². The molecule has 8 heteroatoms. The molecule has 0 spiro atoms. The lowest BCUT2D eigenvalue weighted by molar-refractivity contribution is 0.0497. The van der Waals surface area contributed by atoms with Crippen LogP contribution in [0, 0.1) is 20.8 Å². The summed E-state index contributed by atoms with van der Waals surface area (Å²) in [7, 11) is 0. The standard InChI is InChI=1S/C20H21F2N5O/c1-12-8-13(2)27(23-12)17-9-25(10-17)19(28)16-6-4-15(5-7-16)18-11-26(20(21)22)24-14(18)3/h4-8,11,17,20H,9-10H2,1-3H3. The molecule has 0 unspecified atom stereocenters. The van der Waals surface area contributed by atoms with Crippen LogP contribution in [0.1, 0.15) is 40.0 Å². The SMILES string of the molecule is Cc1cc(C)n(C2CN(C(=O)c3ccc(-c4cn(C(F)F)nc4C)cc3)C2)n1. The van der Waals surface area contributed by atoms with Gasteiger partial charge < -0.3 is 4.90 Å². The van der Waals surface area contributed by atoms with E-state index in [1.165, 1.54) is 6.20 Å². The number of amides is 1. The highest BCUT2D eigenvalue weighted by molar-refractivity contribution is 5.95. The van der Waals surface area contributed by atoms with Crippen LogP contribution in [-0.2, 0) is 0 Å². The Kier molecular flexibility index (Phi) is 4.49. The molecular formula is C20H21F2N5O. The first kappa shape index (κ1) is 18.3. The lowest BCUT2D eigenvalue weighted by Crippen LogP contribution is -2.51. The summed E-state index contributed by atoms with van der Waals surface area (Å²) in [5.41, 5.74) is 4.56. The quantitative estimate of drug-likeness (QED) is 0.687. The molecule has 6 nitrogen and oxygen atoms in total. The van der Waals surface area contributed by atoms with Gasteiger partial charge in [-0.15, -0.1) is 0 Å². The molecular weight excluding hydrogens is 364 g/mol. The van der Waals surface area contributed by atoms with Gasteiger partial charge in [0.1, 0.15) is 0 Å². The third kappa shape index (κ3) is 3.19. The van der Waals surface area contributed by atoms with E-state index in [2.05, 4.69) is 10.2 Å². The van der Waals surface area contributed by atoms with Crippen molar-refractivity contribution in [3.05, 3.63) is 59.2 Å². The fourth-order valence-electron chi connectivity index (χ4n) is 3.63. The maximum atomic E-state index is 12.8.